The maximum Gasteiger partial charge on any atom is 0.181 e. The van der Waals surface area contributed by atoms with E-state index in [-0.39, 0.29) is 12.4 Å². The Kier molecular flexibility index (Phi) is 4.55. The monoisotopic (exact) mass is 231 g/mol. The summed E-state index contributed by atoms with van der Waals surface area (Å²) in [5, 5.41) is 8.59. The summed E-state index contributed by atoms with van der Waals surface area (Å²) in [7, 11) is 0. The van der Waals surface area contributed by atoms with Gasteiger partial charge in [0.25, 0.3) is 0 Å². The van der Waals surface area contributed by atoms with E-state index in [4.69, 9.17) is 19.3 Å². The van der Waals surface area contributed by atoms with Crippen LogP contribution < -0.4 is 0 Å². The first-order valence-electron chi connectivity index (χ1n) is 6.03. The average molecular weight is 231 g/mol. The van der Waals surface area contributed by atoms with Crippen LogP contribution in [0.4, 0.5) is 0 Å². The number of ether oxygens (including phenoxy) is 3. The summed E-state index contributed by atoms with van der Waals surface area (Å²) in [6, 6.07) is 0. The Morgan fingerprint density at radius 2 is 2.06 bits per heavy atom. The Balaban J connectivity index is 1.70. The second-order valence-corrected chi connectivity index (χ2v) is 4.32. The second-order valence-electron chi connectivity index (χ2n) is 4.32. The van der Waals surface area contributed by atoms with Gasteiger partial charge >= 0.3 is 0 Å². The fourth-order valence-electron chi connectivity index (χ4n) is 2.35. The quantitative estimate of drug-likeness (QED) is 0.666. The minimum absolute atomic E-state index is 0.0934. The van der Waals surface area contributed by atoms with Gasteiger partial charge in [0, 0.05) is 13.0 Å². The van der Waals surface area contributed by atoms with Crippen LogP contribution in [0.2, 0.25) is 0 Å². The van der Waals surface area contributed by atoms with Crippen molar-refractivity contribution in [3.8, 4) is 0 Å². The van der Waals surface area contributed by atoms with Crippen molar-refractivity contribution >= 4 is 0 Å². The topological polar surface area (TPSA) is 51.2 Å². The Labute approximate surface area is 96.3 Å². The lowest BCUT2D eigenvalue weighted by molar-refractivity contribution is -0.190. The van der Waals surface area contributed by atoms with E-state index < -0.39 is 0 Å². The smallest absolute Gasteiger partial charge is 0.181 e. The normalized spacial score (nSPS) is 25.3. The number of aliphatic hydroxyl groups is 1. The molecule has 2 fully saturated rings. The number of piperidine rings is 1. The van der Waals surface area contributed by atoms with Gasteiger partial charge in [-0.3, -0.25) is 4.90 Å². The molecule has 2 aliphatic heterocycles. The van der Waals surface area contributed by atoms with Crippen molar-refractivity contribution in [3.05, 3.63) is 0 Å². The third-order valence-corrected chi connectivity index (χ3v) is 3.10. The molecule has 0 unspecified atom stereocenters. The van der Waals surface area contributed by atoms with Crippen molar-refractivity contribution < 1.29 is 19.3 Å². The van der Waals surface area contributed by atoms with Gasteiger partial charge in [0.05, 0.1) is 39.6 Å². The highest BCUT2D eigenvalue weighted by molar-refractivity contribution is 4.83. The molecule has 2 aliphatic rings. The molecule has 2 rings (SSSR count). The Morgan fingerprint density at radius 1 is 1.25 bits per heavy atom. The average Bonchev–Trinajstić information content (AvgIpc) is 2.73. The summed E-state index contributed by atoms with van der Waals surface area (Å²) in [5.41, 5.74) is 0. The first-order valence-corrected chi connectivity index (χ1v) is 6.03. The zero-order chi connectivity index (χ0) is 11.3. The molecule has 1 N–H and O–H groups in total. The van der Waals surface area contributed by atoms with Crippen LogP contribution in [0, 0.1) is 0 Å². The largest absolute Gasteiger partial charge is 0.394 e. The Morgan fingerprint density at radius 3 is 2.81 bits per heavy atom. The number of hydrogen-bond acceptors (Lipinski definition) is 5. The highest BCUT2D eigenvalue weighted by atomic mass is 16.7. The number of rotatable bonds is 5. The molecule has 0 amide bonds. The summed E-state index contributed by atoms with van der Waals surface area (Å²) in [6.07, 6.45) is 2.11. The predicted octanol–water partition coefficient (Wildman–Crippen LogP) is -0.166. The summed E-state index contributed by atoms with van der Waals surface area (Å²) in [6.45, 7) is 5.42. The molecule has 0 radical (unpaired) electrons. The Bertz CT molecular complexity index is 206. The van der Waals surface area contributed by atoms with Crippen LogP contribution in [0.25, 0.3) is 0 Å². The number of hydrogen-bond donors (Lipinski definition) is 1. The van der Waals surface area contributed by atoms with Gasteiger partial charge in [-0.05, 0) is 13.0 Å². The first kappa shape index (κ1) is 12.3. The molecule has 94 valence electrons. The maximum absolute atomic E-state index is 8.59. The third-order valence-electron chi connectivity index (χ3n) is 3.10. The zero-order valence-corrected chi connectivity index (χ0v) is 9.69. The van der Waals surface area contributed by atoms with E-state index in [1.165, 1.54) is 0 Å². The van der Waals surface area contributed by atoms with E-state index in [2.05, 4.69) is 4.90 Å². The van der Waals surface area contributed by atoms with E-state index in [1.807, 2.05) is 0 Å². The molecule has 1 spiro atoms. The molecule has 0 bridgehead atoms. The van der Waals surface area contributed by atoms with Gasteiger partial charge < -0.3 is 19.3 Å². The van der Waals surface area contributed by atoms with Crippen molar-refractivity contribution in [1.82, 2.24) is 4.90 Å². The van der Waals surface area contributed by atoms with Crippen LogP contribution in [0.1, 0.15) is 12.8 Å². The van der Waals surface area contributed by atoms with Crippen LogP contribution in [0.3, 0.4) is 0 Å². The summed E-state index contributed by atoms with van der Waals surface area (Å²) >= 11 is 0. The highest BCUT2D eigenvalue weighted by Gasteiger charge is 2.40. The van der Waals surface area contributed by atoms with Gasteiger partial charge in [-0.2, -0.15) is 0 Å². The van der Waals surface area contributed by atoms with Crippen LogP contribution in [-0.2, 0) is 14.2 Å². The molecular weight excluding hydrogens is 210 g/mol. The maximum atomic E-state index is 8.59. The molecule has 0 saturated carbocycles. The van der Waals surface area contributed by atoms with Gasteiger partial charge in [0.1, 0.15) is 0 Å². The van der Waals surface area contributed by atoms with Crippen LogP contribution in [0.15, 0.2) is 0 Å². The molecule has 2 saturated heterocycles. The standard InChI is InChI=1S/C11H21NO4/c13-5-7-14-6-4-12-3-1-2-11(10-12)15-8-9-16-11/h13H,1-10H2. The number of likely N-dealkylation sites (tertiary alicyclic amines) is 1. The minimum atomic E-state index is -0.338. The minimum Gasteiger partial charge on any atom is -0.394 e. The van der Waals surface area contributed by atoms with E-state index in [1.54, 1.807) is 0 Å². The molecule has 0 aromatic heterocycles. The van der Waals surface area contributed by atoms with Gasteiger partial charge in [-0.25, -0.2) is 0 Å². The van der Waals surface area contributed by atoms with E-state index in [0.717, 1.165) is 45.7 Å². The van der Waals surface area contributed by atoms with Gasteiger partial charge in [0.15, 0.2) is 5.79 Å². The first-order chi connectivity index (χ1) is 7.85. The Hall–Kier alpha value is -0.200. The predicted molar refractivity (Wildman–Crippen MR) is 58.2 cm³/mol. The van der Waals surface area contributed by atoms with Gasteiger partial charge in [-0.15, -0.1) is 0 Å². The van der Waals surface area contributed by atoms with Crippen LogP contribution in [-0.4, -0.2) is 68.5 Å². The molecule has 0 aromatic rings. The number of aliphatic hydroxyl groups excluding tert-OH is 1. The molecule has 2 heterocycles. The molecule has 0 aliphatic carbocycles. The molecular formula is C11H21NO4. The summed E-state index contributed by atoms with van der Waals surface area (Å²) < 4.78 is 16.7. The lowest BCUT2D eigenvalue weighted by atomic mass is 10.0. The van der Waals surface area contributed by atoms with Crippen molar-refractivity contribution in [1.29, 1.82) is 0 Å². The highest BCUT2D eigenvalue weighted by Crippen LogP contribution is 2.29. The van der Waals surface area contributed by atoms with Crippen LogP contribution >= 0.6 is 0 Å². The second kappa shape index (κ2) is 5.93. The molecule has 16 heavy (non-hydrogen) atoms. The molecule has 0 atom stereocenters. The van der Waals surface area contributed by atoms with Gasteiger partial charge in [0.2, 0.25) is 0 Å². The van der Waals surface area contributed by atoms with Crippen molar-refractivity contribution in [2.24, 2.45) is 0 Å². The molecule has 5 nitrogen and oxygen atoms in total. The zero-order valence-electron chi connectivity index (χ0n) is 9.69. The van der Waals surface area contributed by atoms with E-state index in [9.17, 15) is 0 Å². The third kappa shape index (κ3) is 3.15. The lowest BCUT2D eigenvalue weighted by Crippen LogP contribution is -2.49. The van der Waals surface area contributed by atoms with Crippen molar-refractivity contribution in [2.75, 3.05) is 52.7 Å². The fourth-order valence-corrected chi connectivity index (χ4v) is 2.35. The fraction of sp³-hybridized carbons (Fsp3) is 1.00. The van der Waals surface area contributed by atoms with Crippen molar-refractivity contribution in [2.45, 2.75) is 18.6 Å². The summed E-state index contributed by atoms with van der Waals surface area (Å²) in [5.74, 6) is -0.338. The van der Waals surface area contributed by atoms with Gasteiger partial charge in [-0.1, -0.05) is 0 Å². The molecule has 0 aromatic carbocycles. The lowest BCUT2D eigenvalue weighted by Gasteiger charge is -2.38. The summed E-state index contributed by atoms with van der Waals surface area (Å²) in [4.78, 5) is 2.31. The van der Waals surface area contributed by atoms with Crippen molar-refractivity contribution in [3.63, 3.8) is 0 Å². The number of nitrogens with zero attached hydrogens (tertiary/aromatic N) is 1. The van der Waals surface area contributed by atoms with E-state index >= 15 is 0 Å². The van der Waals surface area contributed by atoms with Crippen LogP contribution in [0.5, 0.6) is 0 Å². The SMILES string of the molecule is OCCOCCN1CCCC2(C1)OCCO2. The van der Waals surface area contributed by atoms with E-state index in [0.29, 0.717) is 13.2 Å². The molecule has 5 heteroatoms.